The van der Waals surface area contributed by atoms with Crippen LogP contribution in [-0.4, -0.2) is 27.0 Å². The number of thioether (sulfide) groups is 1. The summed E-state index contributed by atoms with van der Waals surface area (Å²) in [6, 6.07) is 8.26. The van der Waals surface area contributed by atoms with Crippen LogP contribution in [0.3, 0.4) is 0 Å². The van der Waals surface area contributed by atoms with Gasteiger partial charge in [0.1, 0.15) is 0 Å². The highest BCUT2D eigenvalue weighted by Crippen LogP contribution is 2.49. The lowest BCUT2D eigenvalue weighted by Gasteiger charge is -2.29. The van der Waals surface area contributed by atoms with E-state index in [0.717, 1.165) is 5.75 Å². The Kier molecular flexibility index (Phi) is 3.99. The fraction of sp³-hybridized carbons (Fsp3) is 0.500. The molecule has 0 saturated carbocycles. The molecule has 0 bridgehead atoms. The predicted molar refractivity (Wildman–Crippen MR) is 71.7 cm³/mol. The standard InChI is InChI=1S/C12H17O3PS/c1-9-2-4-10(5-3-9)11-6-12(8-17-7-11)16(13,14)15/h2-5,11-12H,6-8H2,1H3,(H2,13,14,15). The van der Waals surface area contributed by atoms with Crippen molar-refractivity contribution in [2.24, 2.45) is 0 Å². The molecule has 0 radical (unpaired) electrons. The van der Waals surface area contributed by atoms with E-state index in [1.807, 2.05) is 6.92 Å². The van der Waals surface area contributed by atoms with E-state index in [4.69, 9.17) is 0 Å². The van der Waals surface area contributed by atoms with Crippen molar-refractivity contribution in [2.75, 3.05) is 11.5 Å². The van der Waals surface area contributed by atoms with Gasteiger partial charge in [-0.1, -0.05) is 29.8 Å². The number of hydrogen-bond donors (Lipinski definition) is 2. The number of rotatable bonds is 2. The van der Waals surface area contributed by atoms with E-state index in [9.17, 15) is 14.4 Å². The minimum Gasteiger partial charge on any atom is -0.324 e. The molecule has 1 fully saturated rings. The van der Waals surface area contributed by atoms with Crippen LogP contribution in [0.5, 0.6) is 0 Å². The maximum Gasteiger partial charge on any atom is 0.329 e. The van der Waals surface area contributed by atoms with Gasteiger partial charge in [0.2, 0.25) is 0 Å². The third kappa shape index (κ3) is 3.35. The summed E-state index contributed by atoms with van der Waals surface area (Å²) in [5.74, 6) is 1.80. The van der Waals surface area contributed by atoms with Gasteiger partial charge in [0, 0.05) is 11.5 Å². The zero-order chi connectivity index (χ0) is 12.5. The first-order valence-corrected chi connectivity index (χ1v) is 8.50. The smallest absolute Gasteiger partial charge is 0.324 e. The second-order valence-corrected chi connectivity index (χ2v) is 7.61. The van der Waals surface area contributed by atoms with E-state index in [0.29, 0.717) is 12.2 Å². The molecule has 2 unspecified atom stereocenters. The van der Waals surface area contributed by atoms with Crippen molar-refractivity contribution < 1.29 is 14.4 Å². The third-order valence-electron chi connectivity index (χ3n) is 3.21. The van der Waals surface area contributed by atoms with Gasteiger partial charge in [-0.15, -0.1) is 0 Å². The molecule has 0 aliphatic carbocycles. The van der Waals surface area contributed by atoms with Gasteiger partial charge in [-0.3, -0.25) is 4.57 Å². The molecule has 94 valence electrons. The number of aryl methyl sites for hydroxylation is 1. The average molecular weight is 272 g/mol. The predicted octanol–water partition coefficient (Wildman–Crippen LogP) is 2.76. The summed E-state index contributed by atoms with van der Waals surface area (Å²) in [6.45, 7) is 2.04. The lowest BCUT2D eigenvalue weighted by Crippen LogP contribution is -2.23. The monoisotopic (exact) mass is 272 g/mol. The normalized spacial score (nSPS) is 25.8. The van der Waals surface area contributed by atoms with Gasteiger partial charge in [-0.2, -0.15) is 11.8 Å². The fourth-order valence-corrected chi connectivity index (χ4v) is 4.90. The summed E-state index contributed by atoms with van der Waals surface area (Å²) < 4.78 is 11.3. The van der Waals surface area contributed by atoms with Gasteiger partial charge in [0.05, 0.1) is 5.66 Å². The minimum absolute atomic E-state index is 0.270. The SMILES string of the molecule is Cc1ccc(C2CSCC(P(=O)(O)O)C2)cc1. The van der Waals surface area contributed by atoms with Crippen molar-refractivity contribution in [3.63, 3.8) is 0 Å². The molecule has 17 heavy (non-hydrogen) atoms. The third-order valence-corrected chi connectivity index (χ3v) is 6.08. The molecule has 0 amide bonds. The van der Waals surface area contributed by atoms with Crippen LogP contribution in [0, 0.1) is 6.92 Å². The summed E-state index contributed by atoms with van der Waals surface area (Å²) in [5.41, 5.74) is 1.93. The maximum atomic E-state index is 11.3. The Labute approximate surface area is 106 Å². The topological polar surface area (TPSA) is 57.5 Å². The Balaban J connectivity index is 2.12. The van der Waals surface area contributed by atoms with Crippen LogP contribution < -0.4 is 0 Å². The Hall–Kier alpha value is -0.280. The Bertz CT molecular complexity index is 426. The molecule has 1 aromatic rings. The Morgan fingerprint density at radius 2 is 1.88 bits per heavy atom. The van der Waals surface area contributed by atoms with Crippen LogP contribution >= 0.6 is 19.4 Å². The van der Waals surface area contributed by atoms with Crippen LogP contribution in [-0.2, 0) is 4.57 Å². The highest BCUT2D eigenvalue weighted by atomic mass is 32.2. The van der Waals surface area contributed by atoms with E-state index in [2.05, 4.69) is 24.3 Å². The average Bonchev–Trinajstić information content (AvgIpc) is 2.29. The zero-order valence-electron chi connectivity index (χ0n) is 9.74. The second kappa shape index (κ2) is 5.15. The number of hydrogen-bond acceptors (Lipinski definition) is 2. The Morgan fingerprint density at radius 3 is 2.47 bits per heavy atom. The van der Waals surface area contributed by atoms with Gasteiger partial charge in [-0.05, 0) is 24.8 Å². The molecule has 1 heterocycles. The van der Waals surface area contributed by atoms with Crippen LogP contribution in [0.1, 0.15) is 23.5 Å². The molecular formula is C12H17O3PS. The van der Waals surface area contributed by atoms with Crippen LogP contribution in [0.25, 0.3) is 0 Å². The zero-order valence-corrected chi connectivity index (χ0v) is 11.5. The van der Waals surface area contributed by atoms with Gasteiger partial charge in [0.25, 0.3) is 0 Å². The first kappa shape index (κ1) is 13.2. The summed E-state index contributed by atoms with van der Waals surface area (Å²) in [4.78, 5) is 18.5. The second-order valence-electron chi connectivity index (χ2n) is 4.62. The molecular weight excluding hydrogens is 255 g/mol. The lowest BCUT2D eigenvalue weighted by atomic mass is 9.95. The van der Waals surface area contributed by atoms with Crippen LogP contribution in [0.2, 0.25) is 0 Å². The van der Waals surface area contributed by atoms with Crippen molar-refractivity contribution in [1.29, 1.82) is 0 Å². The summed E-state index contributed by atoms with van der Waals surface area (Å²) in [5, 5.41) is 0. The number of benzene rings is 1. The summed E-state index contributed by atoms with van der Waals surface area (Å²) >= 11 is 1.64. The lowest BCUT2D eigenvalue weighted by molar-refractivity contribution is 0.355. The van der Waals surface area contributed by atoms with Crippen LogP contribution in [0.4, 0.5) is 0 Å². The molecule has 3 nitrogen and oxygen atoms in total. The van der Waals surface area contributed by atoms with E-state index in [-0.39, 0.29) is 5.92 Å². The molecule has 2 N–H and O–H groups in total. The van der Waals surface area contributed by atoms with Gasteiger partial charge in [-0.25, -0.2) is 0 Å². The maximum absolute atomic E-state index is 11.3. The molecule has 1 aromatic carbocycles. The largest absolute Gasteiger partial charge is 0.329 e. The molecule has 1 aliphatic heterocycles. The van der Waals surface area contributed by atoms with Gasteiger partial charge in [0.15, 0.2) is 0 Å². The minimum atomic E-state index is -3.93. The molecule has 2 atom stereocenters. The van der Waals surface area contributed by atoms with Crippen molar-refractivity contribution >= 4 is 19.4 Å². The van der Waals surface area contributed by atoms with Crippen LogP contribution in [0.15, 0.2) is 24.3 Å². The highest BCUT2D eigenvalue weighted by molar-refractivity contribution is 7.99. The summed E-state index contributed by atoms with van der Waals surface area (Å²) in [7, 11) is -3.93. The van der Waals surface area contributed by atoms with Crippen molar-refractivity contribution in [2.45, 2.75) is 24.9 Å². The molecule has 5 heteroatoms. The van der Waals surface area contributed by atoms with Crippen molar-refractivity contribution in [3.8, 4) is 0 Å². The molecule has 1 aliphatic rings. The van der Waals surface area contributed by atoms with E-state index >= 15 is 0 Å². The van der Waals surface area contributed by atoms with Gasteiger partial charge >= 0.3 is 7.60 Å². The van der Waals surface area contributed by atoms with Crippen molar-refractivity contribution in [3.05, 3.63) is 35.4 Å². The van der Waals surface area contributed by atoms with E-state index in [1.165, 1.54) is 11.1 Å². The van der Waals surface area contributed by atoms with Crippen molar-refractivity contribution in [1.82, 2.24) is 0 Å². The fourth-order valence-electron chi connectivity index (χ4n) is 2.12. The molecule has 1 saturated heterocycles. The Morgan fingerprint density at radius 1 is 1.24 bits per heavy atom. The van der Waals surface area contributed by atoms with Gasteiger partial charge < -0.3 is 9.79 Å². The van der Waals surface area contributed by atoms with E-state index in [1.54, 1.807) is 11.8 Å². The first-order chi connectivity index (χ1) is 7.97. The quantitative estimate of drug-likeness (QED) is 0.813. The molecule has 2 rings (SSSR count). The molecule has 0 aromatic heterocycles. The first-order valence-electron chi connectivity index (χ1n) is 5.66. The molecule has 0 spiro atoms. The summed E-state index contributed by atoms with van der Waals surface area (Å²) in [6.07, 6.45) is 0.598. The highest BCUT2D eigenvalue weighted by Gasteiger charge is 2.34. The van der Waals surface area contributed by atoms with E-state index < -0.39 is 13.3 Å².